The van der Waals surface area contributed by atoms with Crippen molar-refractivity contribution in [2.24, 2.45) is 0 Å². The van der Waals surface area contributed by atoms with Crippen molar-refractivity contribution in [1.29, 1.82) is 0 Å². The van der Waals surface area contributed by atoms with Crippen LogP contribution in [-0.2, 0) is 16.1 Å². The van der Waals surface area contributed by atoms with Crippen LogP contribution in [0, 0.1) is 0 Å². The molecule has 0 aliphatic heterocycles. The monoisotopic (exact) mass is 416 g/mol. The molecule has 0 bridgehead atoms. The molecule has 3 aromatic carbocycles. The van der Waals surface area contributed by atoms with Gasteiger partial charge in [0.05, 0.1) is 12.2 Å². The Morgan fingerprint density at radius 1 is 0.839 bits per heavy atom. The van der Waals surface area contributed by atoms with Gasteiger partial charge in [0.25, 0.3) is 0 Å². The van der Waals surface area contributed by atoms with E-state index in [9.17, 15) is 9.59 Å². The second kappa shape index (κ2) is 11.4. The Morgan fingerprint density at radius 2 is 1.52 bits per heavy atom. The predicted molar refractivity (Wildman–Crippen MR) is 119 cm³/mol. The fraction of sp³-hybridized carbons (Fsp3) is 0.154. The number of hydrogen-bond donors (Lipinski definition) is 0. The minimum atomic E-state index is -0.449. The lowest BCUT2D eigenvalue weighted by atomic mass is 10.2. The van der Waals surface area contributed by atoms with E-state index < -0.39 is 11.9 Å². The normalized spacial score (nSPS) is 10.6. The van der Waals surface area contributed by atoms with Gasteiger partial charge in [-0.2, -0.15) is 0 Å². The minimum Gasteiger partial charge on any atom is -0.494 e. The summed E-state index contributed by atoms with van der Waals surface area (Å²) in [6, 6.07) is 23.2. The van der Waals surface area contributed by atoms with Crippen molar-refractivity contribution in [2.45, 2.75) is 20.0 Å². The number of hydrogen-bond acceptors (Lipinski definition) is 5. The summed E-state index contributed by atoms with van der Waals surface area (Å²) >= 11 is 0. The molecular weight excluding hydrogens is 392 g/mol. The Bertz CT molecular complexity index is 1010. The van der Waals surface area contributed by atoms with Crippen LogP contribution in [0.5, 0.6) is 11.5 Å². The summed E-state index contributed by atoms with van der Waals surface area (Å²) in [7, 11) is 0. The Labute approximate surface area is 181 Å². The van der Waals surface area contributed by atoms with Crippen LogP contribution in [0.25, 0.3) is 6.08 Å². The summed E-state index contributed by atoms with van der Waals surface area (Å²) in [5.41, 5.74) is 2.15. The van der Waals surface area contributed by atoms with E-state index in [1.165, 1.54) is 6.08 Å². The fourth-order valence-electron chi connectivity index (χ4n) is 2.66. The van der Waals surface area contributed by atoms with Gasteiger partial charge in [0.2, 0.25) is 0 Å². The van der Waals surface area contributed by atoms with E-state index in [0.29, 0.717) is 17.9 Å². The van der Waals surface area contributed by atoms with Gasteiger partial charge in [-0.3, -0.25) is 0 Å². The molecule has 0 radical (unpaired) electrons. The average molecular weight is 416 g/mol. The highest BCUT2D eigenvalue weighted by atomic mass is 16.5. The van der Waals surface area contributed by atoms with E-state index in [1.54, 1.807) is 54.6 Å². The molecule has 31 heavy (non-hydrogen) atoms. The number of rotatable bonds is 9. The van der Waals surface area contributed by atoms with Gasteiger partial charge in [-0.1, -0.05) is 49.4 Å². The lowest BCUT2D eigenvalue weighted by Gasteiger charge is -2.07. The van der Waals surface area contributed by atoms with Crippen LogP contribution in [0.2, 0.25) is 0 Å². The Balaban J connectivity index is 1.49. The van der Waals surface area contributed by atoms with Crippen LogP contribution in [0.4, 0.5) is 0 Å². The highest BCUT2D eigenvalue weighted by molar-refractivity contribution is 5.91. The number of carbonyl (C=O) groups is 2. The first-order chi connectivity index (χ1) is 15.1. The van der Waals surface area contributed by atoms with E-state index in [4.69, 9.17) is 14.2 Å². The molecule has 0 saturated carbocycles. The maximum absolute atomic E-state index is 12.3. The van der Waals surface area contributed by atoms with Gasteiger partial charge in [-0.15, -0.1) is 0 Å². The maximum Gasteiger partial charge on any atom is 0.343 e. The second-order valence-corrected chi connectivity index (χ2v) is 6.76. The molecule has 3 rings (SSSR count). The predicted octanol–water partition coefficient (Wildman–Crippen LogP) is 5.45. The van der Waals surface area contributed by atoms with E-state index in [1.807, 2.05) is 37.3 Å². The standard InChI is InChI=1S/C26H24O5/c1-2-18-29-23-15-11-22(12-16-23)26(28)31-24-13-8-20(9-14-24)10-17-25(27)30-19-21-6-4-3-5-7-21/h3-17H,2,18-19H2,1H3/b17-10+. The Kier molecular flexibility index (Phi) is 8.00. The summed E-state index contributed by atoms with van der Waals surface area (Å²) in [5.74, 6) is 0.262. The van der Waals surface area contributed by atoms with Crippen LogP contribution in [0.3, 0.4) is 0 Å². The highest BCUT2D eigenvalue weighted by Gasteiger charge is 2.09. The molecule has 158 valence electrons. The van der Waals surface area contributed by atoms with E-state index in [2.05, 4.69) is 0 Å². The van der Waals surface area contributed by atoms with Gasteiger partial charge in [0.1, 0.15) is 18.1 Å². The van der Waals surface area contributed by atoms with Crippen molar-refractivity contribution in [3.8, 4) is 11.5 Å². The van der Waals surface area contributed by atoms with Gasteiger partial charge < -0.3 is 14.2 Å². The van der Waals surface area contributed by atoms with Crippen LogP contribution >= 0.6 is 0 Å². The summed E-state index contributed by atoms with van der Waals surface area (Å²) in [5, 5.41) is 0. The van der Waals surface area contributed by atoms with Crippen LogP contribution in [-0.4, -0.2) is 18.5 Å². The third-order valence-electron chi connectivity index (χ3n) is 4.29. The third kappa shape index (κ3) is 7.16. The van der Waals surface area contributed by atoms with Crippen LogP contribution < -0.4 is 9.47 Å². The summed E-state index contributed by atoms with van der Waals surface area (Å²) in [6.45, 7) is 2.89. The highest BCUT2D eigenvalue weighted by Crippen LogP contribution is 2.17. The average Bonchev–Trinajstić information content (AvgIpc) is 2.82. The molecule has 0 spiro atoms. The Hall–Kier alpha value is -3.86. The van der Waals surface area contributed by atoms with Gasteiger partial charge in [-0.25, -0.2) is 9.59 Å². The van der Waals surface area contributed by atoms with Gasteiger partial charge >= 0.3 is 11.9 Å². The summed E-state index contributed by atoms with van der Waals surface area (Å²) in [6.07, 6.45) is 3.93. The molecule has 5 nitrogen and oxygen atoms in total. The van der Waals surface area contributed by atoms with Crippen molar-refractivity contribution in [3.63, 3.8) is 0 Å². The van der Waals surface area contributed by atoms with Crippen molar-refractivity contribution in [3.05, 3.63) is 102 Å². The molecule has 0 N–H and O–H groups in total. The van der Waals surface area contributed by atoms with Crippen molar-refractivity contribution in [1.82, 2.24) is 0 Å². The van der Waals surface area contributed by atoms with Crippen molar-refractivity contribution in [2.75, 3.05) is 6.61 Å². The first kappa shape index (κ1) is 21.8. The van der Waals surface area contributed by atoms with Gasteiger partial charge in [0.15, 0.2) is 0 Å². The van der Waals surface area contributed by atoms with E-state index in [0.717, 1.165) is 23.3 Å². The van der Waals surface area contributed by atoms with E-state index in [-0.39, 0.29) is 6.61 Å². The molecule has 0 aliphatic carbocycles. The smallest absolute Gasteiger partial charge is 0.343 e. The molecular formula is C26H24O5. The molecule has 0 amide bonds. The zero-order chi connectivity index (χ0) is 21.9. The van der Waals surface area contributed by atoms with Gasteiger partial charge in [-0.05, 0) is 60.0 Å². The molecule has 0 atom stereocenters. The number of benzene rings is 3. The van der Waals surface area contributed by atoms with Crippen molar-refractivity contribution < 1.29 is 23.8 Å². The molecule has 0 heterocycles. The minimum absolute atomic E-state index is 0.227. The molecule has 0 fully saturated rings. The zero-order valence-electron chi connectivity index (χ0n) is 17.3. The topological polar surface area (TPSA) is 61.8 Å². The van der Waals surface area contributed by atoms with Crippen LogP contribution in [0.1, 0.15) is 34.8 Å². The lowest BCUT2D eigenvalue weighted by molar-refractivity contribution is -0.138. The third-order valence-corrected chi connectivity index (χ3v) is 4.29. The largest absolute Gasteiger partial charge is 0.494 e. The molecule has 0 aromatic heterocycles. The summed E-state index contributed by atoms with van der Waals surface area (Å²) in [4.78, 5) is 24.1. The molecule has 0 aliphatic rings. The van der Waals surface area contributed by atoms with Crippen molar-refractivity contribution >= 4 is 18.0 Å². The maximum atomic E-state index is 12.3. The van der Waals surface area contributed by atoms with E-state index >= 15 is 0 Å². The molecule has 5 heteroatoms. The SMILES string of the molecule is CCCOc1ccc(C(=O)Oc2ccc(/C=C/C(=O)OCc3ccccc3)cc2)cc1. The zero-order valence-corrected chi connectivity index (χ0v) is 17.3. The second-order valence-electron chi connectivity index (χ2n) is 6.76. The molecule has 0 saturated heterocycles. The lowest BCUT2D eigenvalue weighted by Crippen LogP contribution is -2.08. The van der Waals surface area contributed by atoms with Gasteiger partial charge in [0, 0.05) is 6.08 Å². The molecule has 3 aromatic rings. The first-order valence-electron chi connectivity index (χ1n) is 10.1. The quantitative estimate of drug-likeness (QED) is 0.264. The van der Waals surface area contributed by atoms with Crippen LogP contribution in [0.15, 0.2) is 84.9 Å². The first-order valence-corrected chi connectivity index (χ1v) is 10.1. The number of esters is 2. The number of ether oxygens (including phenoxy) is 3. The fourth-order valence-corrected chi connectivity index (χ4v) is 2.66. The number of carbonyl (C=O) groups excluding carboxylic acids is 2. The summed E-state index contributed by atoms with van der Waals surface area (Å²) < 4.78 is 16.1. The Morgan fingerprint density at radius 3 is 2.19 bits per heavy atom. The molecule has 0 unspecified atom stereocenters.